The zero-order valence-electron chi connectivity index (χ0n) is 16.0. The van der Waals surface area contributed by atoms with Crippen molar-refractivity contribution in [2.45, 2.75) is 39.2 Å². The largest absolute Gasteiger partial charge is 0.486 e. The van der Waals surface area contributed by atoms with Crippen LogP contribution in [-0.4, -0.2) is 18.1 Å². The molecule has 0 saturated carbocycles. The first-order valence-corrected chi connectivity index (χ1v) is 9.67. The smallest absolute Gasteiger partial charge is 0.266 e. The van der Waals surface area contributed by atoms with Crippen LogP contribution < -0.4 is 9.64 Å². The van der Waals surface area contributed by atoms with Gasteiger partial charge in [-0.2, -0.15) is 10.2 Å². The summed E-state index contributed by atoms with van der Waals surface area (Å²) in [6.07, 6.45) is 4.62. The number of nitriles is 1. The van der Waals surface area contributed by atoms with Crippen LogP contribution in [0.25, 0.3) is 11.7 Å². The monoisotopic (exact) mass is 377 g/mol. The van der Waals surface area contributed by atoms with Crippen LogP contribution in [0, 0.1) is 18.3 Å². The second kappa shape index (κ2) is 8.22. The minimum absolute atomic E-state index is 0.311. The predicted octanol–water partition coefficient (Wildman–Crippen LogP) is 5.07. The maximum atomic E-state index is 9.46. The number of aromatic nitrogens is 1. The number of hydrogen-bond donors (Lipinski definition) is 0. The van der Waals surface area contributed by atoms with Crippen molar-refractivity contribution >= 4 is 5.88 Å². The van der Waals surface area contributed by atoms with E-state index in [2.05, 4.69) is 16.0 Å². The van der Waals surface area contributed by atoms with E-state index >= 15 is 0 Å². The van der Waals surface area contributed by atoms with Gasteiger partial charge >= 0.3 is 0 Å². The van der Waals surface area contributed by atoms with Gasteiger partial charge in [-0.1, -0.05) is 30.5 Å². The zero-order chi connectivity index (χ0) is 19.3. The first kappa shape index (κ1) is 18.2. The standard InChI is InChI=1S/C22H23N3O3/c1-16-6-8-17(9-7-16)26-15-18-10-11-20(27-18)21-24-19(14-23)22(28-21)25-12-4-2-3-5-13-25/h6-11H,2-5,12-13,15H2,1H3. The molecule has 0 unspecified atom stereocenters. The predicted molar refractivity (Wildman–Crippen MR) is 105 cm³/mol. The zero-order valence-corrected chi connectivity index (χ0v) is 16.0. The highest BCUT2D eigenvalue weighted by atomic mass is 16.5. The maximum absolute atomic E-state index is 9.46. The van der Waals surface area contributed by atoms with Gasteiger partial charge in [-0.05, 0) is 44.0 Å². The van der Waals surface area contributed by atoms with E-state index in [1.165, 1.54) is 18.4 Å². The molecule has 1 aliphatic rings. The molecule has 144 valence electrons. The lowest BCUT2D eigenvalue weighted by molar-refractivity contribution is 0.271. The Labute approximate surface area is 164 Å². The van der Waals surface area contributed by atoms with Crippen LogP contribution in [0.4, 0.5) is 5.88 Å². The van der Waals surface area contributed by atoms with E-state index in [-0.39, 0.29) is 0 Å². The van der Waals surface area contributed by atoms with Gasteiger partial charge in [0.2, 0.25) is 11.6 Å². The fourth-order valence-electron chi connectivity index (χ4n) is 3.34. The molecular weight excluding hydrogens is 354 g/mol. The number of hydrogen-bond acceptors (Lipinski definition) is 6. The van der Waals surface area contributed by atoms with Crippen LogP contribution in [-0.2, 0) is 6.61 Å². The highest BCUT2D eigenvalue weighted by Gasteiger charge is 2.22. The van der Waals surface area contributed by atoms with Crippen molar-refractivity contribution in [2.24, 2.45) is 0 Å². The van der Waals surface area contributed by atoms with Crippen LogP contribution in [0.3, 0.4) is 0 Å². The van der Waals surface area contributed by atoms with E-state index in [4.69, 9.17) is 13.6 Å². The number of anilines is 1. The number of oxazole rings is 1. The Bertz CT molecular complexity index is 958. The van der Waals surface area contributed by atoms with Crippen LogP contribution in [0.5, 0.6) is 5.75 Å². The number of rotatable bonds is 5. The summed E-state index contributed by atoms with van der Waals surface area (Å²) < 4.78 is 17.5. The molecule has 3 heterocycles. The summed E-state index contributed by atoms with van der Waals surface area (Å²) in [7, 11) is 0. The quantitative estimate of drug-likeness (QED) is 0.617. The van der Waals surface area contributed by atoms with Gasteiger partial charge in [0.05, 0.1) is 0 Å². The molecular formula is C22H23N3O3. The summed E-state index contributed by atoms with van der Waals surface area (Å²) in [4.78, 5) is 6.46. The van der Waals surface area contributed by atoms with Crippen molar-refractivity contribution in [2.75, 3.05) is 18.0 Å². The van der Waals surface area contributed by atoms with Crippen molar-refractivity contribution in [3.05, 3.63) is 53.4 Å². The van der Waals surface area contributed by atoms with Gasteiger partial charge in [0.15, 0.2) is 5.76 Å². The lowest BCUT2D eigenvalue weighted by Crippen LogP contribution is -2.24. The molecule has 6 nitrogen and oxygen atoms in total. The Kier molecular flexibility index (Phi) is 5.34. The topological polar surface area (TPSA) is 75.4 Å². The Balaban J connectivity index is 1.48. The Morgan fingerprint density at radius 1 is 1.04 bits per heavy atom. The molecule has 0 bridgehead atoms. The van der Waals surface area contributed by atoms with E-state index in [1.54, 1.807) is 6.07 Å². The molecule has 1 saturated heterocycles. The van der Waals surface area contributed by atoms with E-state index in [0.29, 0.717) is 35.6 Å². The lowest BCUT2D eigenvalue weighted by Gasteiger charge is -2.18. The Morgan fingerprint density at radius 3 is 2.50 bits per heavy atom. The number of ether oxygens (including phenoxy) is 1. The van der Waals surface area contributed by atoms with E-state index in [9.17, 15) is 5.26 Å². The second-order valence-electron chi connectivity index (χ2n) is 7.05. The van der Waals surface area contributed by atoms with Crippen LogP contribution in [0.15, 0.2) is 45.2 Å². The number of benzene rings is 1. The average Bonchev–Trinajstić information content (AvgIpc) is 3.27. The van der Waals surface area contributed by atoms with Gasteiger partial charge in [0.1, 0.15) is 24.2 Å². The van der Waals surface area contributed by atoms with Crippen molar-refractivity contribution in [3.63, 3.8) is 0 Å². The molecule has 0 atom stereocenters. The maximum Gasteiger partial charge on any atom is 0.266 e. The van der Waals surface area contributed by atoms with Gasteiger partial charge in [-0.25, -0.2) is 0 Å². The van der Waals surface area contributed by atoms with Crippen molar-refractivity contribution in [1.82, 2.24) is 4.98 Å². The molecule has 1 aliphatic heterocycles. The molecule has 1 fully saturated rings. The third-order valence-corrected chi connectivity index (χ3v) is 4.88. The molecule has 3 aromatic rings. The minimum atomic E-state index is 0.311. The van der Waals surface area contributed by atoms with Crippen LogP contribution in [0.2, 0.25) is 0 Å². The summed E-state index contributed by atoms with van der Waals surface area (Å²) in [6.45, 7) is 4.12. The van der Waals surface area contributed by atoms with Crippen LogP contribution in [0.1, 0.15) is 42.7 Å². The lowest BCUT2D eigenvalue weighted by atomic mass is 10.2. The molecule has 6 heteroatoms. The average molecular weight is 377 g/mol. The van der Waals surface area contributed by atoms with Gasteiger partial charge in [0, 0.05) is 13.1 Å². The highest BCUT2D eigenvalue weighted by Crippen LogP contribution is 2.31. The number of nitrogens with zero attached hydrogens (tertiary/aromatic N) is 3. The molecule has 0 radical (unpaired) electrons. The molecule has 0 spiro atoms. The molecule has 1 aromatic carbocycles. The fraction of sp³-hybridized carbons (Fsp3) is 0.364. The van der Waals surface area contributed by atoms with Gasteiger partial charge in [-0.3, -0.25) is 0 Å². The fourth-order valence-corrected chi connectivity index (χ4v) is 3.34. The number of furan rings is 1. The Morgan fingerprint density at radius 2 is 1.79 bits per heavy atom. The Hall–Kier alpha value is -3.20. The molecule has 4 rings (SSSR count). The summed E-state index contributed by atoms with van der Waals surface area (Å²) in [5, 5.41) is 9.46. The molecule has 28 heavy (non-hydrogen) atoms. The third-order valence-electron chi connectivity index (χ3n) is 4.88. The van der Waals surface area contributed by atoms with Crippen molar-refractivity contribution in [3.8, 4) is 23.5 Å². The van der Waals surface area contributed by atoms with Crippen LogP contribution >= 0.6 is 0 Å². The summed E-state index contributed by atoms with van der Waals surface area (Å²) in [5.41, 5.74) is 1.50. The second-order valence-corrected chi connectivity index (χ2v) is 7.05. The molecule has 2 aromatic heterocycles. The summed E-state index contributed by atoms with van der Waals surface area (Å²) in [5.74, 6) is 2.84. The summed E-state index contributed by atoms with van der Waals surface area (Å²) >= 11 is 0. The normalized spacial score (nSPS) is 14.5. The summed E-state index contributed by atoms with van der Waals surface area (Å²) in [6, 6.07) is 13.7. The minimum Gasteiger partial charge on any atom is -0.486 e. The third kappa shape index (κ3) is 4.04. The molecule has 0 aliphatic carbocycles. The van der Waals surface area contributed by atoms with Crippen molar-refractivity contribution < 1.29 is 13.6 Å². The van der Waals surface area contributed by atoms with Gasteiger partial charge in [0.25, 0.3) is 5.89 Å². The van der Waals surface area contributed by atoms with Gasteiger partial charge in [-0.15, -0.1) is 0 Å². The first-order valence-electron chi connectivity index (χ1n) is 9.67. The van der Waals surface area contributed by atoms with Crippen molar-refractivity contribution in [1.29, 1.82) is 5.26 Å². The van der Waals surface area contributed by atoms with E-state index in [0.717, 1.165) is 31.7 Å². The number of aryl methyl sites for hydroxylation is 1. The SMILES string of the molecule is Cc1ccc(OCc2ccc(-c3nc(C#N)c(N4CCCCCC4)o3)o2)cc1. The molecule has 0 N–H and O–H groups in total. The highest BCUT2D eigenvalue weighted by molar-refractivity contribution is 5.56. The van der Waals surface area contributed by atoms with E-state index in [1.807, 2.05) is 37.3 Å². The first-order chi connectivity index (χ1) is 13.7. The van der Waals surface area contributed by atoms with E-state index < -0.39 is 0 Å². The van der Waals surface area contributed by atoms with Gasteiger partial charge < -0.3 is 18.5 Å². The molecule has 0 amide bonds.